The van der Waals surface area contributed by atoms with Crippen LogP contribution in [0.4, 0.5) is 10.1 Å². The first kappa shape index (κ1) is 21.5. The molecule has 1 aliphatic rings. The minimum Gasteiger partial charge on any atom is -0.325 e. The number of allylic oxidation sites excluding steroid dienone is 1. The first-order valence-electron chi connectivity index (χ1n) is 9.30. The Kier molecular flexibility index (Phi) is 6.74. The molecule has 1 aromatic heterocycles. The van der Waals surface area contributed by atoms with Crippen LogP contribution in [-0.4, -0.2) is 45.8 Å². The van der Waals surface area contributed by atoms with Crippen molar-refractivity contribution in [2.24, 2.45) is 0 Å². The van der Waals surface area contributed by atoms with Crippen molar-refractivity contribution in [3.05, 3.63) is 48.6 Å². The lowest BCUT2D eigenvalue weighted by atomic mass is 10.1. The number of carbonyl (C=O) groups is 1. The summed E-state index contributed by atoms with van der Waals surface area (Å²) in [5.74, 6) is 0.0383. The van der Waals surface area contributed by atoms with Crippen molar-refractivity contribution in [3.63, 3.8) is 0 Å². The van der Waals surface area contributed by atoms with Crippen molar-refractivity contribution >= 4 is 33.2 Å². The molecule has 0 saturated carbocycles. The van der Waals surface area contributed by atoms with Gasteiger partial charge in [-0.3, -0.25) is 4.79 Å². The number of thioether (sulfide) groups is 1. The van der Waals surface area contributed by atoms with Crippen molar-refractivity contribution in [3.8, 4) is 0 Å². The van der Waals surface area contributed by atoms with E-state index in [1.165, 1.54) is 36.0 Å². The minimum atomic E-state index is -3.05. The largest absolute Gasteiger partial charge is 0.325 e. The maximum atomic E-state index is 13.1. The number of anilines is 1. The molecule has 1 saturated heterocycles. The summed E-state index contributed by atoms with van der Waals surface area (Å²) < 4.78 is 38.6. The van der Waals surface area contributed by atoms with Crippen LogP contribution >= 0.6 is 11.8 Å². The summed E-state index contributed by atoms with van der Waals surface area (Å²) in [6.07, 6.45) is 2.76. The van der Waals surface area contributed by atoms with Crippen molar-refractivity contribution < 1.29 is 17.6 Å². The summed E-state index contributed by atoms with van der Waals surface area (Å²) in [5.41, 5.74) is 0.514. The van der Waals surface area contributed by atoms with E-state index >= 15 is 0 Å². The van der Waals surface area contributed by atoms with Gasteiger partial charge in [0.2, 0.25) is 5.91 Å². The number of sulfone groups is 1. The van der Waals surface area contributed by atoms with Gasteiger partial charge < -0.3 is 9.88 Å². The number of carbonyl (C=O) groups excluding carboxylic acids is 1. The first-order valence-corrected chi connectivity index (χ1v) is 12.0. The fourth-order valence-electron chi connectivity index (χ4n) is 3.19. The van der Waals surface area contributed by atoms with E-state index in [0.29, 0.717) is 36.1 Å². The quantitative estimate of drug-likeness (QED) is 0.503. The van der Waals surface area contributed by atoms with Gasteiger partial charge >= 0.3 is 0 Å². The van der Waals surface area contributed by atoms with E-state index in [1.807, 2.05) is 11.5 Å². The van der Waals surface area contributed by atoms with Crippen LogP contribution in [0.15, 0.2) is 42.1 Å². The smallest absolute Gasteiger partial charge is 0.237 e. The van der Waals surface area contributed by atoms with Crippen LogP contribution in [0.1, 0.15) is 31.5 Å². The van der Waals surface area contributed by atoms with E-state index < -0.39 is 15.1 Å². The second-order valence-electron chi connectivity index (χ2n) is 6.85. The Labute approximate surface area is 173 Å². The maximum absolute atomic E-state index is 13.1. The van der Waals surface area contributed by atoms with E-state index in [9.17, 15) is 17.6 Å². The number of hydrogen-bond donors (Lipinski definition) is 1. The van der Waals surface area contributed by atoms with Gasteiger partial charge in [0.1, 0.15) is 11.6 Å². The van der Waals surface area contributed by atoms with E-state index in [1.54, 1.807) is 6.08 Å². The van der Waals surface area contributed by atoms with Gasteiger partial charge in [-0.05, 0) is 37.1 Å². The zero-order valence-electron chi connectivity index (χ0n) is 16.0. The highest BCUT2D eigenvalue weighted by molar-refractivity contribution is 8.00. The molecule has 2 aromatic rings. The van der Waals surface area contributed by atoms with Gasteiger partial charge in [-0.2, -0.15) is 0 Å². The average molecular weight is 439 g/mol. The van der Waals surface area contributed by atoms with Crippen LogP contribution in [0.3, 0.4) is 0 Å². The van der Waals surface area contributed by atoms with Crippen LogP contribution in [0.2, 0.25) is 0 Å². The molecule has 0 aliphatic carbocycles. The van der Waals surface area contributed by atoms with E-state index in [-0.39, 0.29) is 29.1 Å². The zero-order valence-corrected chi connectivity index (χ0v) is 17.7. The number of benzene rings is 1. The Bertz CT molecular complexity index is 989. The van der Waals surface area contributed by atoms with Crippen LogP contribution in [-0.2, 0) is 21.2 Å². The predicted octanol–water partition coefficient (Wildman–Crippen LogP) is 3.01. The maximum Gasteiger partial charge on any atom is 0.237 e. The normalized spacial score (nSPS) is 19.0. The molecule has 29 heavy (non-hydrogen) atoms. The third-order valence-electron chi connectivity index (χ3n) is 4.68. The molecule has 3 rings (SSSR count). The molecule has 0 bridgehead atoms. The molecule has 7 nitrogen and oxygen atoms in total. The summed E-state index contributed by atoms with van der Waals surface area (Å²) in [6, 6.07) is 5.58. The van der Waals surface area contributed by atoms with Gasteiger partial charge in [-0.1, -0.05) is 24.8 Å². The standard InChI is InChI=1S/C19H23FN4O3S2/c1-3-10-24-17(13-9-11-29(26,27)12-13)22-23-19(24)28-16(4-2)18(25)21-15-7-5-14(20)6-8-15/h3,5-8,13,16H,1,4,9-12H2,2H3,(H,21,25). The molecule has 10 heteroatoms. The third kappa shape index (κ3) is 5.24. The molecule has 1 N–H and O–H groups in total. The van der Waals surface area contributed by atoms with E-state index in [0.717, 1.165) is 0 Å². The predicted molar refractivity (Wildman–Crippen MR) is 111 cm³/mol. The highest BCUT2D eigenvalue weighted by Crippen LogP contribution is 2.32. The summed E-state index contributed by atoms with van der Waals surface area (Å²) in [7, 11) is -3.05. The van der Waals surface area contributed by atoms with Gasteiger partial charge in [0.25, 0.3) is 0 Å². The second-order valence-corrected chi connectivity index (χ2v) is 10.2. The Morgan fingerprint density at radius 2 is 2.14 bits per heavy atom. The number of nitrogens with one attached hydrogen (secondary N) is 1. The summed E-state index contributed by atoms with van der Waals surface area (Å²) >= 11 is 1.27. The molecule has 1 aromatic carbocycles. The first-order chi connectivity index (χ1) is 13.8. The van der Waals surface area contributed by atoms with E-state index in [2.05, 4.69) is 22.1 Å². The highest BCUT2D eigenvalue weighted by Gasteiger charge is 2.33. The number of aromatic nitrogens is 3. The van der Waals surface area contributed by atoms with Crippen LogP contribution in [0.25, 0.3) is 0 Å². The molecule has 1 amide bonds. The number of halogens is 1. The lowest BCUT2D eigenvalue weighted by molar-refractivity contribution is -0.115. The van der Waals surface area contributed by atoms with E-state index in [4.69, 9.17) is 0 Å². The van der Waals surface area contributed by atoms with Crippen LogP contribution in [0.5, 0.6) is 0 Å². The number of nitrogens with zero attached hydrogens (tertiary/aromatic N) is 3. The Balaban J connectivity index is 1.77. The van der Waals surface area contributed by atoms with Crippen molar-refractivity contribution in [2.45, 2.75) is 42.6 Å². The van der Waals surface area contributed by atoms with Gasteiger partial charge in [-0.15, -0.1) is 16.8 Å². The average Bonchev–Trinajstić information content (AvgIpc) is 3.24. The lowest BCUT2D eigenvalue weighted by Gasteiger charge is -2.16. The Morgan fingerprint density at radius 1 is 1.41 bits per heavy atom. The second kappa shape index (κ2) is 9.08. The van der Waals surface area contributed by atoms with Crippen LogP contribution in [0, 0.1) is 5.82 Å². The molecule has 2 heterocycles. The van der Waals surface area contributed by atoms with Gasteiger partial charge in [0.05, 0.1) is 16.8 Å². The van der Waals surface area contributed by atoms with Crippen molar-refractivity contribution in [1.29, 1.82) is 0 Å². The van der Waals surface area contributed by atoms with Crippen LogP contribution < -0.4 is 5.32 Å². The number of rotatable bonds is 8. The molecule has 1 aliphatic heterocycles. The molecular formula is C19H23FN4O3S2. The summed E-state index contributed by atoms with van der Waals surface area (Å²) in [6.45, 7) is 6.07. The monoisotopic (exact) mass is 438 g/mol. The summed E-state index contributed by atoms with van der Waals surface area (Å²) in [4.78, 5) is 12.7. The topological polar surface area (TPSA) is 93.9 Å². The van der Waals surface area contributed by atoms with Crippen molar-refractivity contribution in [1.82, 2.24) is 14.8 Å². The lowest BCUT2D eigenvalue weighted by Crippen LogP contribution is -2.25. The number of amides is 1. The SMILES string of the molecule is C=CCn1c(SC(CC)C(=O)Nc2ccc(F)cc2)nnc1C1CCS(=O)(=O)C1. The fourth-order valence-corrected chi connectivity index (χ4v) is 5.90. The highest BCUT2D eigenvalue weighted by atomic mass is 32.2. The van der Waals surface area contributed by atoms with Crippen molar-refractivity contribution in [2.75, 3.05) is 16.8 Å². The Morgan fingerprint density at radius 3 is 2.72 bits per heavy atom. The molecule has 2 atom stereocenters. The zero-order chi connectivity index (χ0) is 21.0. The molecule has 1 fully saturated rings. The number of hydrogen-bond acceptors (Lipinski definition) is 6. The molecule has 2 unspecified atom stereocenters. The van der Waals surface area contributed by atoms with Gasteiger partial charge in [0, 0.05) is 18.2 Å². The van der Waals surface area contributed by atoms with Gasteiger partial charge in [0.15, 0.2) is 15.0 Å². The molecular weight excluding hydrogens is 415 g/mol. The minimum absolute atomic E-state index is 0.0647. The Hall–Kier alpha value is -2.20. The molecule has 0 radical (unpaired) electrons. The summed E-state index contributed by atoms with van der Waals surface area (Å²) in [5, 5.41) is 11.3. The molecule has 0 spiro atoms. The third-order valence-corrected chi connectivity index (χ3v) is 7.79. The molecule has 156 valence electrons. The van der Waals surface area contributed by atoms with Gasteiger partial charge in [-0.25, -0.2) is 12.8 Å². The fraction of sp³-hybridized carbons (Fsp3) is 0.421.